The lowest BCUT2D eigenvalue weighted by molar-refractivity contribution is -0.131. The van der Waals surface area contributed by atoms with Crippen molar-refractivity contribution in [2.75, 3.05) is 26.7 Å². The number of carbonyl (C=O) groups excluding carboxylic acids is 1. The minimum Gasteiger partial charge on any atom is -0.337 e. The van der Waals surface area contributed by atoms with Crippen molar-refractivity contribution in [3.05, 3.63) is 66.2 Å². The van der Waals surface area contributed by atoms with Gasteiger partial charge in [0.05, 0.1) is 11.4 Å². The standard InChI is InChI=1S/C19H25N3O3S.ClH/c1-21(26(24,25)18-11-6-3-7-12-18)16-19(23)22(14-8-13-20)15-17-9-4-2-5-10-17;/h2-7,9-12H,8,13-16,20H2,1H3;1H. The zero-order valence-electron chi connectivity index (χ0n) is 15.3. The maximum absolute atomic E-state index is 12.7. The van der Waals surface area contributed by atoms with E-state index in [0.717, 1.165) is 9.87 Å². The second kappa shape index (κ2) is 11.0. The predicted molar refractivity (Wildman–Crippen MR) is 109 cm³/mol. The van der Waals surface area contributed by atoms with Crippen LogP contribution in [0.25, 0.3) is 0 Å². The predicted octanol–water partition coefficient (Wildman–Crippen LogP) is 2.11. The van der Waals surface area contributed by atoms with Crippen molar-refractivity contribution in [1.82, 2.24) is 9.21 Å². The van der Waals surface area contributed by atoms with E-state index in [4.69, 9.17) is 5.73 Å². The fourth-order valence-corrected chi connectivity index (χ4v) is 3.67. The van der Waals surface area contributed by atoms with Gasteiger partial charge in [0.15, 0.2) is 0 Å². The molecule has 0 heterocycles. The van der Waals surface area contributed by atoms with Crippen LogP contribution in [0.5, 0.6) is 0 Å². The highest BCUT2D eigenvalue weighted by atomic mass is 35.5. The van der Waals surface area contributed by atoms with Crippen LogP contribution in [0.2, 0.25) is 0 Å². The van der Waals surface area contributed by atoms with Crippen molar-refractivity contribution in [3.63, 3.8) is 0 Å². The van der Waals surface area contributed by atoms with Crippen LogP contribution in [-0.4, -0.2) is 50.2 Å². The summed E-state index contributed by atoms with van der Waals surface area (Å²) in [7, 11) is -2.28. The summed E-state index contributed by atoms with van der Waals surface area (Å²) in [6.07, 6.45) is 0.660. The Kier molecular flexibility index (Phi) is 9.45. The van der Waals surface area contributed by atoms with E-state index in [2.05, 4.69) is 0 Å². The molecule has 2 aromatic carbocycles. The number of halogens is 1. The van der Waals surface area contributed by atoms with Gasteiger partial charge in [0.1, 0.15) is 0 Å². The molecule has 27 heavy (non-hydrogen) atoms. The van der Waals surface area contributed by atoms with Crippen LogP contribution >= 0.6 is 12.4 Å². The molecule has 0 aromatic heterocycles. The minimum atomic E-state index is -3.70. The number of hydrogen-bond donors (Lipinski definition) is 1. The molecule has 8 heteroatoms. The number of amides is 1. The van der Waals surface area contributed by atoms with Crippen molar-refractivity contribution in [3.8, 4) is 0 Å². The number of carbonyl (C=O) groups is 1. The van der Waals surface area contributed by atoms with Gasteiger partial charge in [-0.3, -0.25) is 4.79 Å². The second-order valence-electron chi connectivity index (χ2n) is 6.02. The van der Waals surface area contributed by atoms with Crippen LogP contribution in [0, 0.1) is 0 Å². The Labute approximate surface area is 167 Å². The summed E-state index contributed by atoms with van der Waals surface area (Å²) in [6, 6.07) is 17.7. The summed E-state index contributed by atoms with van der Waals surface area (Å²) in [5.41, 5.74) is 6.56. The van der Waals surface area contributed by atoms with Gasteiger partial charge in [-0.2, -0.15) is 4.31 Å². The van der Waals surface area contributed by atoms with Crippen molar-refractivity contribution in [1.29, 1.82) is 0 Å². The average molecular weight is 412 g/mol. The first-order valence-electron chi connectivity index (χ1n) is 8.48. The Morgan fingerprint density at radius 2 is 1.56 bits per heavy atom. The van der Waals surface area contributed by atoms with E-state index in [9.17, 15) is 13.2 Å². The molecule has 0 aliphatic carbocycles. The van der Waals surface area contributed by atoms with Gasteiger partial charge in [0.2, 0.25) is 15.9 Å². The summed E-state index contributed by atoms with van der Waals surface area (Å²) in [5, 5.41) is 0. The third kappa shape index (κ3) is 6.62. The van der Waals surface area contributed by atoms with Crippen LogP contribution in [0.15, 0.2) is 65.6 Å². The van der Waals surface area contributed by atoms with Gasteiger partial charge in [-0.05, 0) is 30.7 Å². The number of nitrogens with zero attached hydrogens (tertiary/aromatic N) is 2. The van der Waals surface area contributed by atoms with Gasteiger partial charge < -0.3 is 10.6 Å². The van der Waals surface area contributed by atoms with Gasteiger partial charge in [0.25, 0.3) is 0 Å². The van der Waals surface area contributed by atoms with E-state index >= 15 is 0 Å². The fourth-order valence-electron chi connectivity index (χ4n) is 2.53. The molecule has 148 valence electrons. The number of hydrogen-bond acceptors (Lipinski definition) is 4. The zero-order valence-corrected chi connectivity index (χ0v) is 17.0. The highest BCUT2D eigenvalue weighted by molar-refractivity contribution is 7.89. The third-order valence-corrected chi connectivity index (χ3v) is 5.83. The monoisotopic (exact) mass is 411 g/mol. The molecule has 6 nitrogen and oxygen atoms in total. The van der Waals surface area contributed by atoms with E-state index < -0.39 is 10.0 Å². The normalized spacial score (nSPS) is 11.1. The molecule has 0 fully saturated rings. The summed E-state index contributed by atoms with van der Waals surface area (Å²) < 4.78 is 26.3. The molecule has 0 saturated heterocycles. The molecule has 0 atom stereocenters. The fraction of sp³-hybridized carbons (Fsp3) is 0.316. The topological polar surface area (TPSA) is 83.7 Å². The molecular formula is C19H26ClN3O3S. The second-order valence-corrected chi connectivity index (χ2v) is 8.06. The molecule has 0 unspecified atom stereocenters. The lowest BCUT2D eigenvalue weighted by Crippen LogP contribution is -2.41. The molecule has 0 radical (unpaired) electrons. The minimum absolute atomic E-state index is 0. The van der Waals surface area contributed by atoms with Crippen LogP contribution in [0.3, 0.4) is 0 Å². The Morgan fingerprint density at radius 3 is 2.11 bits per heavy atom. The van der Waals surface area contributed by atoms with Gasteiger partial charge in [-0.1, -0.05) is 48.5 Å². The summed E-state index contributed by atoms with van der Waals surface area (Å²) in [5.74, 6) is -0.246. The number of sulfonamides is 1. The van der Waals surface area contributed by atoms with Crippen molar-refractivity contribution < 1.29 is 13.2 Å². The molecule has 0 aliphatic rings. The van der Waals surface area contributed by atoms with Crippen molar-refractivity contribution >= 4 is 28.3 Å². The van der Waals surface area contributed by atoms with E-state index in [1.54, 1.807) is 23.1 Å². The smallest absolute Gasteiger partial charge is 0.243 e. The Morgan fingerprint density at radius 1 is 1.00 bits per heavy atom. The largest absolute Gasteiger partial charge is 0.337 e. The van der Waals surface area contributed by atoms with Gasteiger partial charge in [-0.25, -0.2) is 8.42 Å². The average Bonchev–Trinajstić information content (AvgIpc) is 2.66. The van der Waals surface area contributed by atoms with Crippen LogP contribution < -0.4 is 5.73 Å². The molecule has 0 bridgehead atoms. The zero-order chi connectivity index (χ0) is 19.0. The Balaban J connectivity index is 0.00000364. The van der Waals surface area contributed by atoms with Crippen LogP contribution in [0.4, 0.5) is 0 Å². The van der Waals surface area contributed by atoms with E-state index in [-0.39, 0.29) is 29.8 Å². The quantitative estimate of drug-likeness (QED) is 0.684. The molecule has 1 amide bonds. The maximum Gasteiger partial charge on any atom is 0.243 e. The maximum atomic E-state index is 12.7. The highest BCUT2D eigenvalue weighted by Crippen LogP contribution is 2.14. The lowest BCUT2D eigenvalue weighted by atomic mass is 10.2. The summed E-state index contributed by atoms with van der Waals surface area (Å²) >= 11 is 0. The first-order valence-corrected chi connectivity index (χ1v) is 9.92. The van der Waals surface area contributed by atoms with Gasteiger partial charge in [0, 0.05) is 20.1 Å². The number of rotatable bonds is 9. The molecule has 0 spiro atoms. The molecule has 0 saturated carbocycles. The summed E-state index contributed by atoms with van der Waals surface area (Å²) in [4.78, 5) is 14.5. The van der Waals surface area contributed by atoms with E-state index in [1.807, 2.05) is 30.3 Å². The number of nitrogens with two attached hydrogens (primary N) is 1. The Hall–Kier alpha value is -1.93. The van der Waals surface area contributed by atoms with Crippen molar-refractivity contribution in [2.45, 2.75) is 17.9 Å². The molecule has 0 aliphatic heterocycles. The van der Waals surface area contributed by atoms with Gasteiger partial charge in [-0.15, -0.1) is 12.4 Å². The van der Waals surface area contributed by atoms with Gasteiger partial charge >= 0.3 is 0 Å². The molecule has 2 aromatic rings. The molecule has 2 N–H and O–H groups in total. The third-order valence-electron chi connectivity index (χ3n) is 4.01. The van der Waals surface area contributed by atoms with Crippen LogP contribution in [0.1, 0.15) is 12.0 Å². The SMILES string of the molecule is CN(CC(=O)N(CCCN)Cc1ccccc1)S(=O)(=O)c1ccccc1.Cl. The Bertz CT molecular complexity index is 801. The van der Waals surface area contributed by atoms with E-state index in [1.165, 1.54) is 19.2 Å². The lowest BCUT2D eigenvalue weighted by Gasteiger charge is -2.25. The first kappa shape index (κ1) is 23.1. The van der Waals surface area contributed by atoms with Crippen LogP contribution in [-0.2, 0) is 21.4 Å². The highest BCUT2D eigenvalue weighted by Gasteiger charge is 2.25. The van der Waals surface area contributed by atoms with E-state index in [0.29, 0.717) is 26.1 Å². The molecule has 2 rings (SSSR count). The van der Waals surface area contributed by atoms with Crippen molar-refractivity contribution in [2.24, 2.45) is 5.73 Å². The first-order chi connectivity index (χ1) is 12.4. The summed E-state index contributed by atoms with van der Waals surface area (Å²) in [6.45, 7) is 1.17. The number of likely N-dealkylation sites (N-methyl/N-ethyl adjacent to an activating group) is 1. The number of benzene rings is 2. The molecular weight excluding hydrogens is 386 g/mol.